The third-order valence-corrected chi connectivity index (χ3v) is 4.92. The van der Waals surface area contributed by atoms with Gasteiger partial charge in [-0.05, 0) is 58.3 Å². The van der Waals surface area contributed by atoms with Crippen molar-refractivity contribution in [3.05, 3.63) is 21.4 Å². The molecule has 1 aliphatic rings. The highest BCUT2D eigenvalue weighted by atomic mass is 32.1. The summed E-state index contributed by atoms with van der Waals surface area (Å²) in [5.74, 6) is -0.0775. The first kappa shape index (κ1) is 15.5. The molecular weight excluding hydrogens is 270 g/mol. The Balaban J connectivity index is 2.18. The lowest BCUT2D eigenvalue weighted by atomic mass is 9.99. The fourth-order valence-corrected chi connectivity index (χ4v) is 4.01. The molecule has 0 N–H and O–H groups in total. The number of carbonyl (C=O) groups is 1. The lowest BCUT2D eigenvalue weighted by molar-refractivity contribution is -0.144. The summed E-state index contributed by atoms with van der Waals surface area (Å²) in [6.07, 6.45) is 4.26. The molecule has 0 saturated carbocycles. The number of rotatable bonds is 5. The van der Waals surface area contributed by atoms with Gasteiger partial charge >= 0.3 is 5.97 Å². The molecule has 1 aromatic rings. The van der Waals surface area contributed by atoms with Crippen molar-refractivity contribution in [2.24, 2.45) is 0 Å². The van der Waals surface area contributed by atoms with Gasteiger partial charge in [-0.2, -0.15) is 0 Å². The van der Waals surface area contributed by atoms with Crippen molar-refractivity contribution in [3.63, 3.8) is 0 Å². The molecule has 2 rings (SSSR count). The first-order chi connectivity index (χ1) is 9.61. The van der Waals surface area contributed by atoms with Gasteiger partial charge in [0.05, 0.1) is 13.0 Å². The summed E-state index contributed by atoms with van der Waals surface area (Å²) in [4.78, 5) is 17.1. The zero-order valence-electron chi connectivity index (χ0n) is 12.8. The maximum absolute atomic E-state index is 11.9. The number of piperidine rings is 1. The van der Waals surface area contributed by atoms with Crippen LogP contribution in [0.4, 0.5) is 0 Å². The zero-order valence-corrected chi connectivity index (χ0v) is 13.6. The zero-order chi connectivity index (χ0) is 14.5. The molecule has 1 aliphatic heterocycles. The van der Waals surface area contributed by atoms with E-state index in [-0.39, 0.29) is 12.0 Å². The molecule has 3 nitrogen and oxygen atoms in total. The van der Waals surface area contributed by atoms with Crippen LogP contribution in [0, 0.1) is 13.8 Å². The van der Waals surface area contributed by atoms with Crippen LogP contribution in [-0.2, 0) is 9.53 Å². The molecule has 1 unspecified atom stereocenters. The first-order valence-corrected chi connectivity index (χ1v) is 8.40. The number of ether oxygens (including phenoxy) is 1. The second-order valence-corrected chi connectivity index (χ2v) is 6.95. The Morgan fingerprint density at radius 3 is 2.60 bits per heavy atom. The minimum Gasteiger partial charge on any atom is -0.466 e. The quantitative estimate of drug-likeness (QED) is 0.773. The SMILES string of the molecule is CCOC(=O)CC(c1cc(C)sc1C)N1CCCCC1. The Hall–Kier alpha value is -0.870. The summed E-state index contributed by atoms with van der Waals surface area (Å²) in [5, 5.41) is 0. The Morgan fingerprint density at radius 2 is 2.05 bits per heavy atom. The first-order valence-electron chi connectivity index (χ1n) is 7.58. The van der Waals surface area contributed by atoms with Crippen molar-refractivity contribution in [2.75, 3.05) is 19.7 Å². The normalized spacial score (nSPS) is 17.9. The van der Waals surface area contributed by atoms with E-state index < -0.39 is 0 Å². The number of hydrogen-bond acceptors (Lipinski definition) is 4. The van der Waals surface area contributed by atoms with E-state index in [0.29, 0.717) is 13.0 Å². The molecule has 112 valence electrons. The lowest BCUT2D eigenvalue weighted by Crippen LogP contribution is -2.35. The summed E-state index contributed by atoms with van der Waals surface area (Å²) < 4.78 is 5.17. The summed E-state index contributed by atoms with van der Waals surface area (Å²) in [6.45, 7) is 8.83. The van der Waals surface area contributed by atoms with Gasteiger partial charge < -0.3 is 4.74 Å². The van der Waals surface area contributed by atoms with Gasteiger partial charge in [0.25, 0.3) is 0 Å². The van der Waals surface area contributed by atoms with E-state index in [2.05, 4.69) is 24.8 Å². The van der Waals surface area contributed by atoms with E-state index in [0.717, 1.165) is 13.1 Å². The summed E-state index contributed by atoms with van der Waals surface area (Å²) >= 11 is 1.82. The standard InChI is InChI=1S/C16H25NO2S/c1-4-19-16(18)11-15(17-8-6-5-7-9-17)14-10-12(2)20-13(14)3/h10,15H,4-9,11H2,1-3H3. The summed E-state index contributed by atoms with van der Waals surface area (Å²) in [5.41, 5.74) is 1.32. The third kappa shape index (κ3) is 3.83. The monoisotopic (exact) mass is 295 g/mol. The highest BCUT2D eigenvalue weighted by Gasteiger charge is 2.27. The third-order valence-electron chi connectivity index (χ3n) is 3.94. The van der Waals surface area contributed by atoms with Gasteiger partial charge in [-0.15, -0.1) is 11.3 Å². The highest BCUT2D eigenvalue weighted by molar-refractivity contribution is 7.12. The van der Waals surface area contributed by atoms with Crippen LogP contribution in [0.1, 0.15) is 54.0 Å². The van der Waals surface area contributed by atoms with Gasteiger partial charge in [-0.1, -0.05) is 6.42 Å². The Kier molecular flexibility index (Phi) is 5.61. The van der Waals surface area contributed by atoms with E-state index in [4.69, 9.17) is 4.74 Å². The molecule has 1 saturated heterocycles. The molecule has 1 atom stereocenters. The van der Waals surface area contributed by atoms with Crippen molar-refractivity contribution in [1.82, 2.24) is 4.90 Å². The van der Waals surface area contributed by atoms with Crippen LogP contribution in [0.2, 0.25) is 0 Å². The second kappa shape index (κ2) is 7.23. The number of likely N-dealkylation sites (tertiary alicyclic amines) is 1. The van der Waals surface area contributed by atoms with Gasteiger partial charge in [0, 0.05) is 15.8 Å². The number of esters is 1. The highest BCUT2D eigenvalue weighted by Crippen LogP contribution is 2.34. The van der Waals surface area contributed by atoms with Crippen LogP contribution >= 0.6 is 11.3 Å². The topological polar surface area (TPSA) is 29.5 Å². The van der Waals surface area contributed by atoms with Crippen molar-refractivity contribution in [3.8, 4) is 0 Å². The van der Waals surface area contributed by atoms with Crippen molar-refractivity contribution in [2.45, 2.75) is 52.5 Å². The second-order valence-electron chi connectivity index (χ2n) is 5.49. The Bertz CT molecular complexity index is 449. The molecule has 0 bridgehead atoms. The molecule has 4 heteroatoms. The number of thiophene rings is 1. The van der Waals surface area contributed by atoms with Crippen molar-refractivity contribution >= 4 is 17.3 Å². The molecule has 1 fully saturated rings. The number of aryl methyl sites for hydroxylation is 2. The molecule has 0 spiro atoms. The smallest absolute Gasteiger partial charge is 0.307 e. The van der Waals surface area contributed by atoms with Crippen LogP contribution in [0.15, 0.2) is 6.07 Å². The molecule has 0 aliphatic carbocycles. The molecule has 1 aromatic heterocycles. The fourth-order valence-electron chi connectivity index (χ4n) is 3.02. The maximum atomic E-state index is 11.9. The molecular formula is C16H25NO2S. The molecule has 20 heavy (non-hydrogen) atoms. The van der Waals surface area contributed by atoms with Crippen LogP contribution in [0.3, 0.4) is 0 Å². The van der Waals surface area contributed by atoms with Gasteiger partial charge in [0.15, 0.2) is 0 Å². The van der Waals surface area contributed by atoms with Crippen LogP contribution in [0.25, 0.3) is 0 Å². The minimum atomic E-state index is -0.0775. The average Bonchev–Trinajstić information content (AvgIpc) is 2.76. The van der Waals surface area contributed by atoms with Gasteiger partial charge in [-0.25, -0.2) is 0 Å². The predicted octanol–water partition coefficient (Wildman–Crippen LogP) is 3.85. The van der Waals surface area contributed by atoms with Gasteiger partial charge in [-0.3, -0.25) is 9.69 Å². The maximum Gasteiger partial charge on any atom is 0.307 e. The number of nitrogens with zero attached hydrogens (tertiary/aromatic N) is 1. The predicted molar refractivity (Wildman–Crippen MR) is 83.2 cm³/mol. The van der Waals surface area contributed by atoms with Crippen molar-refractivity contribution in [1.29, 1.82) is 0 Å². The van der Waals surface area contributed by atoms with E-state index in [1.165, 1.54) is 34.6 Å². The minimum absolute atomic E-state index is 0.0775. The fraction of sp³-hybridized carbons (Fsp3) is 0.688. The molecule has 0 amide bonds. The Morgan fingerprint density at radius 1 is 1.35 bits per heavy atom. The number of carbonyl (C=O) groups excluding carboxylic acids is 1. The van der Waals surface area contributed by atoms with Crippen LogP contribution < -0.4 is 0 Å². The summed E-state index contributed by atoms with van der Waals surface area (Å²) in [7, 11) is 0. The lowest BCUT2D eigenvalue weighted by Gasteiger charge is -2.34. The van der Waals surface area contributed by atoms with E-state index in [1.807, 2.05) is 18.3 Å². The Labute approximate surface area is 125 Å². The van der Waals surface area contributed by atoms with E-state index in [9.17, 15) is 4.79 Å². The molecule has 2 heterocycles. The van der Waals surface area contributed by atoms with Gasteiger partial charge in [0.2, 0.25) is 0 Å². The summed E-state index contributed by atoms with van der Waals surface area (Å²) in [6, 6.07) is 2.44. The van der Waals surface area contributed by atoms with Crippen LogP contribution in [0.5, 0.6) is 0 Å². The largest absolute Gasteiger partial charge is 0.466 e. The van der Waals surface area contributed by atoms with Crippen LogP contribution in [-0.4, -0.2) is 30.6 Å². The molecule has 0 radical (unpaired) electrons. The molecule has 0 aromatic carbocycles. The van der Waals surface area contributed by atoms with Gasteiger partial charge in [0.1, 0.15) is 0 Å². The van der Waals surface area contributed by atoms with E-state index >= 15 is 0 Å². The average molecular weight is 295 g/mol. The van der Waals surface area contributed by atoms with E-state index in [1.54, 1.807) is 0 Å². The van der Waals surface area contributed by atoms with Crippen molar-refractivity contribution < 1.29 is 9.53 Å². The number of hydrogen-bond donors (Lipinski definition) is 0.